The molecule has 8 heteroatoms. The minimum Gasteiger partial charge on any atom is -0.486 e. The number of hydrogen-bond donors (Lipinski definition) is 1. The molecule has 1 saturated heterocycles. The van der Waals surface area contributed by atoms with Gasteiger partial charge in [0.25, 0.3) is 0 Å². The number of likely N-dealkylation sites (tertiary alicyclic amines) is 1. The second-order valence-corrected chi connectivity index (χ2v) is 7.39. The Morgan fingerprint density at radius 2 is 2.15 bits per heavy atom. The van der Waals surface area contributed by atoms with E-state index in [0.717, 1.165) is 0 Å². The molecule has 1 aromatic rings. The fourth-order valence-corrected chi connectivity index (χ4v) is 4.21. The van der Waals surface area contributed by atoms with E-state index < -0.39 is 35.5 Å². The maximum absolute atomic E-state index is 13.7. The van der Waals surface area contributed by atoms with Gasteiger partial charge in [-0.25, -0.2) is 9.18 Å². The highest BCUT2D eigenvalue weighted by Gasteiger charge is 2.65. The zero-order chi connectivity index (χ0) is 19.7. The molecule has 1 unspecified atom stereocenters. The molecule has 0 radical (unpaired) electrons. The predicted octanol–water partition coefficient (Wildman–Crippen LogP) is 4.36. The van der Waals surface area contributed by atoms with Gasteiger partial charge in [0.05, 0.1) is 12.0 Å². The van der Waals surface area contributed by atoms with E-state index in [1.165, 1.54) is 17.0 Å². The first-order valence-corrected chi connectivity index (χ1v) is 9.27. The number of alkyl halides is 3. The van der Waals surface area contributed by atoms with E-state index in [0.29, 0.717) is 19.3 Å². The Morgan fingerprint density at radius 3 is 2.78 bits per heavy atom. The smallest absolute Gasteiger partial charge is 0.396 e. The molecule has 27 heavy (non-hydrogen) atoms. The van der Waals surface area contributed by atoms with Gasteiger partial charge in [0.15, 0.2) is 11.6 Å². The number of rotatable bonds is 5. The van der Waals surface area contributed by atoms with Crippen molar-refractivity contribution in [3.63, 3.8) is 0 Å². The molecule has 1 aliphatic carbocycles. The number of amides is 2. The number of para-hydroxylation sites is 1. The number of carbonyl (C=O) groups excluding carboxylic acids is 1. The number of urea groups is 1. The summed E-state index contributed by atoms with van der Waals surface area (Å²) in [7, 11) is 0. The van der Waals surface area contributed by atoms with Crippen molar-refractivity contribution in [2.24, 2.45) is 11.3 Å². The van der Waals surface area contributed by atoms with Crippen LogP contribution in [0.15, 0.2) is 24.3 Å². The molecular weight excluding hydrogens is 364 g/mol. The molecule has 1 aromatic carbocycles. The number of carbonyl (C=O) groups is 1. The average molecular weight is 388 g/mol. The average Bonchev–Trinajstić information content (AvgIpc) is 3.18. The molecule has 3 atom stereocenters. The quantitative estimate of drug-likeness (QED) is 0.762. The van der Waals surface area contributed by atoms with Crippen LogP contribution in [0.2, 0.25) is 0 Å². The van der Waals surface area contributed by atoms with E-state index in [9.17, 15) is 22.4 Å². The monoisotopic (exact) mass is 388 g/mol. The van der Waals surface area contributed by atoms with Crippen LogP contribution in [-0.4, -0.2) is 42.8 Å². The molecule has 1 N–H and O–H groups in total. The second kappa shape index (κ2) is 7.56. The highest BCUT2D eigenvalue weighted by Crippen LogP contribution is 2.57. The Labute approximate surface area is 155 Å². The summed E-state index contributed by atoms with van der Waals surface area (Å²) in [6.45, 7) is 1.76. The van der Waals surface area contributed by atoms with Crippen LogP contribution in [0.4, 0.5) is 22.4 Å². The molecule has 1 saturated carbocycles. The molecule has 1 aliphatic heterocycles. The van der Waals surface area contributed by atoms with E-state index >= 15 is 0 Å². The van der Waals surface area contributed by atoms with Gasteiger partial charge in [0.2, 0.25) is 0 Å². The van der Waals surface area contributed by atoms with Crippen LogP contribution in [0.1, 0.15) is 32.6 Å². The molecule has 2 fully saturated rings. The second-order valence-electron chi connectivity index (χ2n) is 7.39. The Morgan fingerprint density at radius 1 is 1.41 bits per heavy atom. The fourth-order valence-electron chi connectivity index (χ4n) is 4.21. The molecule has 0 bridgehead atoms. The van der Waals surface area contributed by atoms with Gasteiger partial charge in [-0.15, -0.1) is 0 Å². The molecule has 1 heterocycles. The zero-order valence-electron chi connectivity index (χ0n) is 15.2. The molecule has 0 spiro atoms. The van der Waals surface area contributed by atoms with E-state index in [1.807, 2.05) is 6.92 Å². The third-order valence-electron chi connectivity index (χ3n) is 5.79. The summed E-state index contributed by atoms with van der Waals surface area (Å²) < 4.78 is 60.0. The number of hydrogen-bond acceptors (Lipinski definition) is 2. The topological polar surface area (TPSA) is 41.6 Å². The lowest BCUT2D eigenvalue weighted by Gasteiger charge is -2.31. The summed E-state index contributed by atoms with van der Waals surface area (Å²) in [5.74, 6) is -0.938. The van der Waals surface area contributed by atoms with Crippen molar-refractivity contribution in [2.45, 2.75) is 44.9 Å². The lowest BCUT2D eigenvalue weighted by Crippen LogP contribution is -2.46. The number of nitrogens with one attached hydrogen (secondary N) is 1. The summed E-state index contributed by atoms with van der Waals surface area (Å²) in [5, 5.41) is 2.65. The van der Waals surface area contributed by atoms with Crippen LogP contribution < -0.4 is 10.1 Å². The van der Waals surface area contributed by atoms with Crippen molar-refractivity contribution in [2.75, 3.05) is 19.6 Å². The van der Waals surface area contributed by atoms with Gasteiger partial charge < -0.3 is 15.0 Å². The van der Waals surface area contributed by atoms with Gasteiger partial charge in [0, 0.05) is 13.1 Å². The van der Waals surface area contributed by atoms with Crippen LogP contribution in [0, 0.1) is 17.2 Å². The number of fused-ring (bicyclic) bond motifs is 1. The Kier molecular flexibility index (Phi) is 5.53. The first-order chi connectivity index (χ1) is 12.8. The van der Waals surface area contributed by atoms with E-state index in [4.69, 9.17) is 4.74 Å². The van der Waals surface area contributed by atoms with Crippen LogP contribution in [0.5, 0.6) is 5.75 Å². The van der Waals surface area contributed by atoms with Crippen molar-refractivity contribution >= 4 is 6.03 Å². The number of halogens is 4. The number of benzene rings is 1. The van der Waals surface area contributed by atoms with E-state index in [2.05, 4.69) is 5.32 Å². The van der Waals surface area contributed by atoms with Crippen molar-refractivity contribution in [1.82, 2.24) is 10.2 Å². The van der Waals surface area contributed by atoms with Crippen LogP contribution >= 0.6 is 0 Å². The standard InChI is InChI=1S/C19H24F4N2O2/c1-2-14(27-16-8-4-3-7-15(16)20)10-24-17(26)25-11-13-6-5-9-18(13,12-25)19(21,22)23/h3-4,7-8,13-14H,2,5-6,9-12H2,1H3,(H,24,26)/t13-,14?,18-/m0/s1. The summed E-state index contributed by atoms with van der Waals surface area (Å²) >= 11 is 0. The van der Waals surface area contributed by atoms with Gasteiger partial charge in [-0.1, -0.05) is 25.5 Å². The third kappa shape index (κ3) is 3.84. The maximum atomic E-state index is 13.7. The third-order valence-corrected chi connectivity index (χ3v) is 5.79. The Hall–Kier alpha value is -1.99. The largest absolute Gasteiger partial charge is 0.486 e. The van der Waals surface area contributed by atoms with Gasteiger partial charge in [-0.3, -0.25) is 0 Å². The maximum Gasteiger partial charge on any atom is 0.396 e. The minimum atomic E-state index is -4.30. The van der Waals surface area contributed by atoms with E-state index in [-0.39, 0.29) is 31.8 Å². The summed E-state index contributed by atoms with van der Waals surface area (Å²) in [6, 6.07) is 5.44. The minimum absolute atomic E-state index is 0.0823. The molecule has 3 rings (SSSR count). The highest BCUT2D eigenvalue weighted by atomic mass is 19.4. The normalized spacial score (nSPS) is 26.0. The lowest BCUT2D eigenvalue weighted by molar-refractivity contribution is -0.226. The SMILES string of the molecule is CCC(CNC(=O)N1C[C@@H]2CCC[C@]2(C(F)(F)F)C1)Oc1ccccc1F. The zero-order valence-corrected chi connectivity index (χ0v) is 15.2. The number of ether oxygens (including phenoxy) is 1. The lowest BCUT2D eigenvalue weighted by atomic mass is 9.80. The van der Waals surface area contributed by atoms with Crippen molar-refractivity contribution < 1.29 is 27.1 Å². The fraction of sp³-hybridized carbons (Fsp3) is 0.632. The van der Waals surface area contributed by atoms with Gasteiger partial charge in [-0.2, -0.15) is 13.2 Å². The number of nitrogens with zero attached hydrogens (tertiary/aromatic N) is 1. The molecule has 0 aromatic heterocycles. The Balaban J connectivity index is 1.57. The Bertz CT molecular complexity index is 682. The molecular formula is C19H24F4N2O2. The highest BCUT2D eigenvalue weighted by molar-refractivity contribution is 5.74. The predicted molar refractivity (Wildman–Crippen MR) is 91.9 cm³/mol. The van der Waals surface area contributed by atoms with Crippen molar-refractivity contribution in [3.8, 4) is 5.75 Å². The van der Waals surface area contributed by atoms with Gasteiger partial charge >= 0.3 is 12.2 Å². The van der Waals surface area contributed by atoms with E-state index in [1.54, 1.807) is 12.1 Å². The molecule has 4 nitrogen and oxygen atoms in total. The van der Waals surface area contributed by atoms with Gasteiger partial charge in [-0.05, 0) is 37.3 Å². The first kappa shape index (κ1) is 19.8. The summed E-state index contributed by atoms with van der Waals surface area (Å²) in [5.41, 5.74) is -1.77. The van der Waals surface area contributed by atoms with Gasteiger partial charge in [0.1, 0.15) is 6.10 Å². The van der Waals surface area contributed by atoms with Crippen molar-refractivity contribution in [1.29, 1.82) is 0 Å². The van der Waals surface area contributed by atoms with Crippen LogP contribution in [0.3, 0.4) is 0 Å². The van der Waals surface area contributed by atoms with Crippen LogP contribution in [-0.2, 0) is 0 Å². The first-order valence-electron chi connectivity index (χ1n) is 9.27. The molecule has 2 aliphatic rings. The summed E-state index contributed by atoms with van der Waals surface area (Å²) in [6.07, 6.45) is -3.12. The molecule has 2 amide bonds. The van der Waals surface area contributed by atoms with Crippen molar-refractivity contribution in [3.05, 3.63) is 30.1 Å². The summed E-state index contributed by atoms with van der Waals surface area (Å²) in [4.78, 5) is 13.7. The van der Waals surface area contributed by atoms with Crippen LogP contribution in [0.25, 0.3) is 0 Å². The molecule has 150 valence electrons.